The molecule has 0 spiro atoms. The van der Waals surface area contributed by atoms with Crippen molar-refractivity contribution in [2.45, 2.75) is 64.7 Å². The van der Waals surface area contributed by atoms with Crippen LogP contribution in [0, 0.1) is 5.92 Å². The third kappa shape index (κ3) is 7.10. The highest BCUT2D eigenvalue weighted by Gasteiger charge is 2.27. The molecule has 11 nitrogen and oxygen atoms in total. The van der Waals surface area contributed by atoms with E-state index in [1.807, 2.05) is 13.8 Å². The molecule has 3 N–H and O–H groups in total. The first-order valence-corrected chi connectivity index (χ1v) is 15.3. The van der Waals surface area contributed by atoms with Crippen LogP contribution in [-0.4, -0.2) is 56.9 Å². The van der Waals surface area contributed by atoms with Gasteiger partial charge in [0.15, 0.2) is 0 Å². The summed E-state index contributed by atoms with van der Waals surface area (Å²) in [5.74, 6) is -0.257. The Bertz CT molecular complexity index is 1640. The van der Waals surface area contributed by atoms with Crippen LogP contribution in [0.1, 0.15) is 61.5 Å². The quantitative estimate of drug-likeness (QED) is 0.320. The molecule has 4 amide bonds. The van der Waals surface area contributed by atoms with E-state index in [9.17, 15) is 24.0 Å². The Balaban J connectivity index is 1.24. The number of benzene rings is 2. The lowest BCUT2D eigenvalue weighted by atomic mass is 10.0. The fraction of sp³-hybridized carbons (Fsp3) is 0.452. The van der Waals surface area contributed by atoms with E-state index in [4.69, 9.17) is 11.6 Å². The number of alkyl halides is 1. The zero-order chi connectivity index (χ0) is 30.7. The van der Waals surface area contributed by atoms with Crippen LogP contribution in [0.5, 0.6) is 0 Å². The van der Waals surface area contributed by atoms with E-state index in [-0.39, 0.29) is 47.1 Å². The number of nitrogens with zero attached hydrogens (tertiary/aromatic N) is 3. The van der Waals surface area contributed by atoms with Gasteiger partial charge in [0.25, 0.3) is 11.5 Å². The standard InChI is InChI=1S/C31H37ClN6O5/c1-19(2)38-26-12-11-23(14-25(26)29(41)37(31(38)43)17-21-5-6-21)35-30(42)36-13-3-4-24(18-36)34-28(40)22-9-7-20(8-10-22)16-33-27(39)15-32/h7-12,14,19,21,24H,3-6,13,15-18H2,1-2H3,(H,33,39)(H,34,40)(H,35,42)/t24-/m1/s1. The largest absolute Gasteiger partial charge is 0.351 e. The zero-order valence-corrected chi connectivity index (χ0v) is 25.2. The number of urea groups is 1. The summed E-state index contributed by atoms with van der Waals surface area (Å²) >= 11 is 5.50. The van der Waals surface area contributed by atoms with Gasteiger partial charge < -0.3 is 20.9 Å². The lowest BCUT2D eigenvalue weighted by Gasteiger charge is -2.33. The summed E-state index contributed by atoms with van der Waals surface area (Å²) in [7, 11) is 0. The first-order chi connectivity index (χ1) is 20.6. The van der Waals surface area contributed by atoms with E-state index >= 15 is 0 Å². The number of likely N-dealkylation sites (tertiary alicyclic amines) is 1. The van der Waals surface area contributed by atoms with Gasteiger partial charge in [-0.25, -0.2) is 9.59 Å². The van der Waals surface area contributed by atoms with E-state index in [1.54, 1.807) is 51.9 Å². The topological polar surface area (TPSA) is 135 Å². The summed E-state index contributed by atoms with van der Waals surface area (Å²) in [5.41, 5.74) is 1.70. The summed E-state index contributed by atoms with van der Waals surface area (Å²) in [6.07, 6.45) is 3.49. The number of hydrogen-bond donors (Lipinski definition) is 3. The second kappa shape index (κ2) is 13.0. The maximum absolute atomic E-state index is 13.3. The van der Waals surface area contributed by atoms with Crippen LogP contribution in [0.15, 0.2) is 52.1 Å². The van der Waals surface area contributed by atoms with Gasteiger partial charge in [-0.2, -0.15) is 0 Å². The minimum Gasteiger partial charge on any atom is -0.351 e. The maximum Gasteiger partial charge on any atom is 0.331 e. The van der Waals surface area contributed by atoms with Crippen molar-refractivity contribution < 1.29 is 14.4 Å². The molecule has 2 heterocycles. The summed E-state index contributed by atoms with van der Waals surface area (Å²) in [5, 5.41) is 9.00. The Morgan fingerprint density at radius 1 is 1.02 bits per heavy atom. The van der Waals surface area contributed by atoms with Gasteiger partial charge >= 0.3 is 11.7 Å². The van der Waals surface area contributed by atoms with E-state index in [0.29, 0.717) is 54.3 Å². The van der Waals surface area contributed by atoms with Crippen molar-refractivity contribution in [3.8, 4) is 0 Å². The van der Waals surface area contributed by atoms with E-state index in [2.05, 4.69) is 16.0 Å². The van der Waals surface area contributed by atoms with Crippen molar-refractivity contribution in [2.24, 2.45) is 5.92 Å². The van der Waals surface area contributed by atoms with Crippen molar-refractivity contribution in [1.82, 2.24) is 24.7 Å². The molecule has 2 fully saturated rings. The lowest BCUT2D eigenvalue weighted by molar-refractivity contribution is -0.118. The number of carbonyl (C=O) groups is 3. The van der Waals surface area contributed by atoms with Gasteiger partial charge in [-0.15, -0.1) is 11.6 Å². The van der Waals surface area contributed by atoms with Crippen LogP contribution in [0.3, 0.4) is 0 Å². The minimum absolute atomic E-state index is 0.109. The van der Waals surface area contributed by atoms with Crippen LogP contribution >= 0.6 is 11.6 Å². The number of carbonyl (C=O) groups excluding carboxylic acids is 3. The zero-order valence-electron chi connectivity index (χ0n) is 24.4. The predicted octanol–water partition coefficient (Wildman–Crippen LogP) is 3.44. The average Bonchev–Trinajstić information content (AvgIpc) is 3.83. The summed E-state index contributed by atoms with van der Waals surface area (Å²) in [4.78, 5) is 65.6. The molecule has 12 heteroatoms. The Hall–Kier alpha value is -4.12. The molecule has 2 aliphatic rings. The molecule has 1 saturated carbocycles. The number of halogens is 1. The van der Waals surface area contributed by atoms with Crippen molar-refractivity contribution in [2.75, 3.05) is 24.3 Å². The summed E-state index contributed by atoms with van der Waals surface area (Å²) in [6, 6.07) is 11.3. The molecule has 1 saturated heterocycles. The first-order valence-electron chi connectivity index (χ1n) is 14.7. The number of hydrogen-bond acceptors (Lipinski definition) is 5. The molecular formula is C31H37ClN6O5. The SMILES string of the molecule is CC(C)n1c(=O)n(CC2CC2)c(=O)c2cc(NC(=O)N3CCC[C@@H](NC(=O)c4ccc(CNC(=O)CCl)cc4)C3)ccc21. The van der Waals surface area contributed by atoms with Gasteiger partial charge in [0, 0.05) is 49.5 Å². The molecule has 0 unspecified atom stereocenters. The molecule has 2 aromatic carbocycles. The Kier molecular flexibility index (Phi) is 9.19. The van der Waals surface area contributed by atoms with Gasteiger partial charge in [-0.3, -0.25) is 23.5 Å². The normalized spacial score (nSPS) is 16.7. The molecule has 5 rings (SSSR count). The predicted molar refractivity (Wildman–Crippen MR) is 166 cm³/mol. The van der Waals surface area contributed by atoms with E-state index in [1.165, 1.54) is 4.57 Å². The van der Waals surface area contributed by atoms with E-state index in [0.717, 1.165) is 31.2 Å². The highest BCUT2D eigenvalue weighted by molar-refractivity contribution is 6.27. The Morgan fingerprint density at radius 2 is 1.77 bits per heavy atom. The second-order valence-electron chi connectivity index (χ2n) is 11.6. The molecule has 1 aromatic heterocycles. The highest BCUT2D eigenvalue weighted by Crippen LogP contribution is 2.30. The Morgan fingerprint density at radius 3 is 2.44 bits per heavy atom. The van der Waals surface area contributed by atoms with Gasteiger partial charge in [0.2, 0.25) is 5.91 Å². The fourth-order valence-electron chi connectivity index (χ4n) is 5.45. The van der Waals surface area contributed by atoms with Crippen LogP contribution in [0.25, 0.3) is 10.9 Å². The molecule has 228 valence electrons. The van der Waals surface area contributed by atoms with Gasteiger partial charge in [0.05, 0.1) is 10.9 Å². The third-order valence-corrected chi connectivity index (χ3v) is 8.19. The number of aromatic nitrogens is 2. The molecule has 1 atom stereocenters. The summed E-state index contributed by atoms with van der Waals surface area (Å²) < 4.78 is 2.96. The monoisotopic (exact) mass is 608 g/mol. The lowest BCUT2D eigenvalue weighted by Crippen LogP contribution is -2.50. The van der Waals surface area contributed by atoms with Crippen LogP contribution in [0.4, 0.5) is 10.5 Å². The van der Waals surface area contributed by atoms with Crippen LogP contribution in [0.2, 0.25) is 0 Å². The molecular weight excluding hydrogens is 572 g/mol. The number of piperidine rings is 1. The number of nitrogens with one attached hydrogen (secondary N) is 3. The average molecular weight is 609 g/mol. The van der Waals surface area contributed by atoms with Crippen LogP contribution < -0.4 is 27.2 Å². The highest BCUT2D eigenvalue weighted by atomic mass is 35.5. The fourth-order valence-corrected chi connectivity index (χ4v) is 5.55. The second-order valence-corrected chi connectivity index (χ2v) is 11.9. The van der Waals surface area contributed by atoms with Gasteiger partial charge in [-0.1, -0.05) is 12.1 Å². The van der Waals surface area contributed by atoms with Crippen molar-refractivity contribution >= 4 is 46.0 Å². The molecule has 1 aliphatic heterocycles. The third-order valence-electron chi connectivity index (χ3n) is 7.94. The Labute approximate surface area is 254 Å². The molecule has 43 heavy (non-hydrogen) atoms. The summed E-state index contributed by atoms with van der Waals surface area (Å²) in [6.45, 7) is 5.44. The van der Waals surface area contributed by atoms with Crippen molar-refractivity contribution in [3.05, 3.63) is 74.4 Å². The number of amides is 4. The van der Waals surface area contributed by atoms with E-state index < -0.39 is 0 Å². The van der Waals surface area contributed by atoms with Gasteiger partial charge in [-0.05, 0) is 81.3 Å². The molecule has 1 aliphatic carbocycles. The van der Waals surface area contributed by atoms with Crippen molar-refractivity contribution in [1.29, 1.82) is 0 Å². The van der Waals surface area contributed by atoms with Crippen LogP contribution in [-0.2, 0) is 17.9 Å². The molecule has 0 radical (unpaired) electrons. The first kappa shape index (κ1) is 30.3. The smallest absolute Gasteiger partial charge is 0.331 e. The minimum atomic E-state index is -0.339. The number of anilines is 1. The molecule has 3 aromatic rings. The maximum atomic E-state index is 13.3. The number of fused-ring (bicyclic) bond motifs is 1. The van der Waals surface area contributed by atoms with Gasteiger partial charge in [0.1, 0.15) is 5.88 Å². The molecule has 0 bridgehead atoms. The number of rotatable bonds is 9. The van der Waals surface area contributed by atoms with Crippen molar-refractivity contribution in [3.63, 3.8) is 0 Å².